The van der Waals surface area contributed by atoms with Crippen molar-refractivity contribution in [3.63, 3.8) is 0 Å². The van der Waals surface area contributed by atoms with Crippen LogP contribution in [0.4, 0.5) is 0 Å². The number of aromatic amines is 1. The monoisotopic (exact) mass is 339 g/mol. The summed E-state index contributed by atoms with van der Waals surface area (Å²) in [5, 5.41) is 5.65. The van der Waals surface area contributed by atoms with Crippen molar-refractivity contribution in [3.8, 4) is 0 Å². The molecule has 0 bridgehead atoms. The predicted molar refractivity (Wildman–Crippen MR) is 97.7 cm³/mol. The molecule has 1 aromatic heterocycles. The molecular weight excluding hydrogens is 318 g/mol. The van der Waals surface area contributed by atoms with E-state index in [1.165, 1.54) is 15.3 Å². The highest BCUT2D eigenvalue weighted by Gasteiger charge is 2.05. The Labute approximate surface area is 145 Å². The van der Waals surface area contributed by atoms with Gasteiger partial charge in [0.2, 0.25) is 0 Å². The van der Waals surface area contributed by atoms with Gasteiger partial charge in [-0.25, -0.2) is 4.79 Å². The normalized spacial score (nSPS) is 11.1. The lowest BCUT2D eigenvalue weighted by molar-refractivity contribution is 0.185. The van der Waals surface area contributed by atoms with Crippen molar-refractivity contribution in [3.05, 3.63) is 80.6 Å². The van der Waals surface area contributed by atoms with Crippen molar-refractivity contribution in [2.45, 2.75) is 19.6 Å². The van der Waals surface area contributed by atoms with Crippen LogP contribution in [0, 0.1) is 0 Å². The number of aromatic nitrogens is 2. The number of H-pyrrole nitrogens is 1. The zero-order valence-electron chi connectivity index (χ0n) is 14.1. The molecule has 3 aromatic rings. The summed E-state index contributed by atoms with van der Waals surface area (Å²) in [6, 6.07) is 14.5. The smallest absolute Gasteiger partial charge is 0.328 e. The van der Waals surface area contributed by atoms with Gasteiger partial charge >= 0.3 is 5.69 Å². The lowest BCUT2D eigenvalue weighted by atomic mass is 10.1. The van der Waals surface area contributed by atoms with E-state index in [-0.39, 0.29) is 5.56 Å². The van der Waals surface area contributed by atoms with Gasteiger partial charge in [0.15, 0.2) is 0 Å². The molecule has 0 aliphatic carbocycles. The lowest BCUT2D eigenvalue weighted by Crippen LogP contribution is -2.34. The third-order valence-corrected chi connectivity index (χ3v) is 4.08. The van der Waals surface area contributed by atoms with Crippen molar-refractivity contribution < 1.29 is 4.74 Å². The van der Waals surface area contributed by atoms with E-state index >= 15 is 0 Å². The number of hydrogen-bond acceptors (Lipinski definition) is 4. The molecule has 0 saturated heterocycles. The van der Waals surface area contributed by atoms with Gasteiger partial charge in [-0.3, -0.25) is 14.3 Å². The zero-order chi connectivity index (χ0) is 17.6. The SMILES string of the molecule is COCCn1cc(CNCc2ccc3ccccc3c2)c(=O)[nH]c1=O. The minimum atomic E-state index is -0.416. The number of nitrogens with zero attached hydrogens (tertiary/aromatic N) is 1. The highest BCUT2D eigenvalue weighted by Crippen LogP contribution is 2.15. The van der Waals surface area contributed by atoms with Crippen molar-refractivity contribution in [2.24, 2.45) is 0 Å². The molecular formula is C19H21N3O3. The third-order valence-electron chi connectivity index (χ3n) is 4.08. The minimum Gasteiger partial charge on any atom is -0.383 e. The fourth-order valence-corrected chi connectivity index (χ4v) is 2.73. The number of rotatable bonds is 7. The Morgan fingerprint density at radius 1 is 1.08 bits per heavy atom. The number of benzene rings is 2. The second-order valence-electron chi connectivity index (χ2n) is 5.88. The maximum Gasteiger partial charge on any atom is 0.328 e. The van der Waals surface area contributed by atoms with Crippen LogP contribution in [0.15, 0.2) is 58.3 Å². The average molecular weight is 339 g/mol. The molecule has 0 aliphatic heterocycles. The fourth-order valence-electron chi connectivity index (χ4n) is 2.73. The second kappa shape index (κ2) is 7.92. The summed E-state index contributed by atoms with van der Waals surface area (Å²) in [6.07, 6.45) is 1.59. The molecule has 130 valence electrons. The molecule has 0 spiro atoms. The second-order valence-corrected chi connectivity index (χ2v) is 5.88. The first kappa shape index (κ1) is 17.1. The van der Waals surface area contributed by atoms with Gasteiger partial charge in [-0.05, 0) is 22.4 Å². The molecule has 2 aromatic carbocycles. The van der Waals surface area contributed by atoms with E-state index in [0.717, 1.165) is 5.56 Å². The summed E-state index contributed by atoms with van der Waals surface area (Å²) in [5.41, 5.74) is 0.893. The van der Waals surface area contributed by atoms with E-state index in [9.17, 15) is 9.59 Å². The first-order chi connectivity index (χ1) is 12.2. The minimum absolute atomic E-state index is 0.357. The molecule has 0 fully saturated rings. The van der Waals surface area contributed by atoms with Crippen LogP contribution in [0.25, 0.3) is 10.8 Å². The molecule has 0 atom stereocenters. The van der Waals surface area contributed by atoms with Crippen molar-refractivity contribution in [1.29, 1.82) is 0 Å². The van der Waals surface area contributed by atoms with Gasteiger partial charge < -0.3 is 10.1 Å². The zero-order valence-corrected chi connectivity index (χ0v) is 14.1. The molecule has 0 saturated carbocycles. The maximum absolute atomic E-state index is 11.9. The predicted octanol–water partition coefficient (Wildman–Crippen LogP) is 1.63. The van der Waals surface area contributed by atoms with Crippen LogP contribution in [-0.4, -0.2) is 23.3 Å². The number of hydrogen-bond donors (Lipinski definition) is 2. The van der Waals surface area contributed by atoms with Gasteiger partial charge in [0, 0.05) is 32.0 Å². The van der Waals surface area contributed by atoms with E-state index in [0.29, 0.717) is 31.8 Å². The van der Waals surface area contributed by atoms with Gasteiger partial charge in [0.1, 0.15) is 0 Å². The fraction of sp³-hybridized carbons (Fsp3) is 0.263. The molecule has 0 radical (unpaired) electrons. The highest BCUT2D eigenvalue weighted by atomic mass is 16.5. The van der Waals surface area contributed by atoms with Crippen LogP contribution in [0.3, 0.4) is 0 Å². The largest absolute Gasteiger partial charge is 0.383 e. The molecule has 25 heavy (non-hydrogen) atoms. The summed E-state index contributed by atoms with van der Waals surface area (Å²) in [6.45, 7) is 1.84. The van der Waals surface area contributed by atoms with E-state index < -0.39 is 5.69 Å². The first-order valence-electron chi connectivity index (χ1n) is 8.17. The summed E-state index contributed by atoms with van der Waals surface area (Å²) >= 11 is 0. The maximum atomic E-state index is 11.9. The average Bonchev–Trinajstić information content (AvgIpc) is 2.62. The van der Waals surface area contributed by atoms with Gasteiger partial charge in [0.05, 0.1) is 13.2 Å². The summed E-state index contributed by atoms with van der Waals surface area (Å²) in [5.74, 6) is 0. The van der Waals surface area contributed by atoms with Crippen LogP contribution >= 0.6 is 0 Å². The molecule has 0 aliphatic rings. The molecule has 6 nitrogen and oxygen atoms in total. The molecule has 3 rings (SSSR count). The van der Waals surface area contributed by atoms with E-state index in [1.54, 1.807) is 13.3 Å². The molecule has 1 heterocycles. The van der Waals surface area contributed by atoms with Crippen LogP contribution < -0.4 is 16.6 Å². The van der Waals surface area contributed by atoms with Gasteiger partial charge in [-0.2, -0.15) is 0 Å². The van der Waals surface area contributed by atoms with Crippen LogP contribution in [-0.2, 0) is 24.4 Å². The number of fused-ring (bicyclic) bond motifs is 1. The Morgan fingerprint density at radius 3 is 2.68 bits per heavy atom. The molecule has 0 unspecified atom stereocenters. The Hall–Kier alpha value is -2.70. The Bertz CT molecular complexity index is 975. The summed E-state index contributed by atoms with van der Waals surface area (Å²) in [7, 11) is 1.57. The number of methoxy groups -OCH3 is 1. The topological polar surface area (TPSA) is 76.1 Å². The first-order valence-corrected chi connectivity index (χ1v) is 8.17. The van der Waals surface area contributed by atoms with Crippen molar-refractivity contribution in [1.82, 2.24) is 14.9 Å². The molecule has 2 N–H and O–H groups in total. The van der Waals surface area contributed by atoms with E-state index in [4.69, 9.17) is 4.74 Å². The van der Waals surface area contributed by atoms with Crippen LogP contribution in [0.2, 0.25) is 0 Å². The van der Waals surface area contributed by atoms with E-state index in [1.807, 2.05) is 12.1 Å². The molecule has 6 heteroatoms. The Balaban J connectivity index is 1.68. The number of nitrogens with one attached hydrogen (secondary N) is 2. The van der Waals surface area contributed by atoms with Gasteiger partial charge in [0.25, 0.3) is 5.56 Å². The Morgan fingerprint density at radius 2 is 1.88 bits per heavy atom. The summed E-state index contributed by atoms with van der Waals surface area (Å²) in [4.78, 5) is 26.0. The third kappa shape index (κ3) is 4.23. The number of ether oxygens (including phenoxy) is 1. The lowest BCUT2D eigenvalue weighted by Gasteiger charge is -2.09. The van der Waals surface area contributed by atoms with Crippen molar-refractivity contribution in [2.75, 3.05) is 13.7 Å². The molecule has 0 amide bonds. The quantitative estimate of drug-likeness (QED) is 0.686. The van der Waals surface area contributed by atoms with E-state index in [2.05, 4.69) is 40.6 Å². The van der Waals surface area contributed by atoms with Gasteiger partial charge in [-0.15, -0.1) is 0 Å². The van der Waals surface area contributed by atoms with Gasteiger partial charge in [-0.1, -0.05) is 36.4 Å². The van der Waals surface area contributed by atoms with Crippen LogP contribution in [0.1, 0.15) is 11.1 Å². The standard InChI is InChI=1S/C19H21N3O3/c1-25-9-8-22-13-17(18(23)21-19(22)24)12-20-11-14-6-7-15-4-2-3-5-16(15)10-14/h2-7,10,13,20H,8-9,11-12H2,1H3,(H,21,23,24). The summed E-state index contributed by atoms with van der Waals surface area (Å²) < 4.78 is 6.43. The van der Waals surface area contributed by atoms with Crippen LogP contribution in [0.5, 0.6) is 0 Å². The Kier molecular flexibility index (Phi) is 5.42. The highest BCUT2D eigenvalue weighted by molar-refractivity contribution is 5.82. The van der Waals surface area contributed by atoms with Crippen molar-refractivity contribution >= 4 is 10.8 Å².